The highest BCUT2D eigenvalue weighted by atomic mass is 35.5. The van der Waals surface area contributed by atoms with E-state index in [1.807, 2.05) is 23.9 Å². The van der Waals surface area contributed by atoms with E-state index >= 15 is 0 Å². The molecule has 0 aliphatic rings. The smallest absolute Gasteiger partial charge is 0.141 e. The first-order valence-corrected chi connectivity index (χ1v) is 7.22. The summed E-state index contributed by atoms with van der Waals surface area (Å²) in [5.74, 6) is 0.856. The molecule has 0 amide bonds. The fourth-order valence-corrected chi connectivity index (χ4v) is 2.76. The highest BCUT2D eigenvalue weighted by Crippen LogP contribution is 2.37. The second kappa shape index (κ2) is 6.46. The van der Waals surface area contributed by atoms with Gasteiger partial charge in [-0.05, 0) is 31.4 Å². The lowest BCUT2D eigenvalue weighted by Crippen LogP contribution is -2.02. The van der Waals surface area contributed by atoms with Crippen molar-refractivity contribution in [2.45, 2.75) is 32.7 Å². The second-order valence-electron chi connectivity index (χ2n) is 4.68. The van der Waals surface area contributed by atoms with Crippen LogP contribution in [-0.4, -0.2) is 22.1 Å². The van der Waals surface area contributed by atoms with Gasteiger partial charge in [0.25, 0.3) is 0 Å². The van der Waals surface area contributed by atoms with Crippen molar-refractivity contribution in [3.63, 3.8) is 0 Å². The lowest BCUT2D eigenvalue weighted by Gasteiger charge is -2.16. The summed E-state index contributed by atoms with van der Waals surface area (Å²) < 4.78 is 7.19. The molecule has 2 rings (SSSR count). The first-order chi connectivity index (χ1) is 9.55. The molecular weight excluding hydrogens is 297 g/mol. The van der Waals surface area contributed by atoms with E-state index in [0.717, 1.165) is 24.2 Å². The fourth-order valence-electron chi connectivity index (χ4n) is 2.17. The molecule has 6 heteroatoms. The number of hydrogen-bond acceptors (Lipinski definition) is 3. The van der Waals surface area contributed by atoms with Crippen LogP contribution in [-0.2, 0) is 13.0 Å². The maximum Gasteiger partial charge on any atom is 0.141 e. The molecule has 1 aromatic heterocycles. The Morgan fingerprint density at radius 3 is 2.70 bits per heavy atom. The third-order valence-electron chi connectivity index (χ3n) is 3.20. The molecule has 108 valence electrons. The zero-order chi connectivity index (χ0) is 14.7. The minimum absolute atomic E-state index is 0.183. The summed E-state index contributed by atoms with van der Waals surface area (Å²) in [5.41, 5.74) is 1.92. The number of aryl methyl sites for hydroxylation is 1. The summed E-state index contributed by atoms with van der Waals surface area (Å²) in [5, 5.41) is 9.33. The lowest BCUT2D eigenvalue weighted by molar-refractivity contribution is 0.406. The molecule has 0 N–H and O–H groups in total. The summed E-state index contributed by atoms with van der Waals surface area (Å²) in [7, 11) is 1.61. The normalized spacial score (nSPS) is 12.4. The van der Waals surface area contributed by atoms with E-state index < -0.39 is 0 Å². The van der Waals surface area contributed by atoms with E-state index in [9.17, 15) is 0 Å². The maximum absolute atomic E-state index is 6.17. The van der Waals surface area contributed by atoms with E-state index in [0.29, 0.717) is 15.8 Å². The molecule has 2 aromatic rings. The van der Waals surface area contributed by atoms with E-state index in [-0.39, 0.29) is 5.92 Å². The molecule has 1 heterocycles. The van der Waals surface area contributed by atoms with Gasteiger partial charge in [-0.25, -0.2) is 0 Å². The summed E-state index contributed by atoms with van der Waals surface area (Å²) in [6, 6.07) is 3.58. The minimum Gasteiger partial charge on any atom is -0.495 e. The molecule has 4 nitrogen and oxygen atoms in total. The summed E-state index contributed by atoms with van der Waals surface area (Å²) in [4.78, 5) is 0. The highest BCUT2D eigenvalue weighted by molar-refractivity contribution is 6.35. The number of nitrogens with zero attached hydrogens (tertiary/aromatic N) is 3. The molecule has 0 fully saturated rings. The average Bonchev–Trinajstić information content (AvgIpc) is 2.85. The molecule has 0 aliphatic carbocycles. The number of aromatic nitrogens is 3. The van der Waals surface area contributed by atoms with Gasteiger partial charge in [-0.2, -0.15) is 0 Å². The van der Waals surface area contributed by atoms with Crippen molar-refractivity contribution in [1.29, 1.82) is 0 Å². The van der Waals surface area contributed by atoms with Gasteiger partial charge in [0, 0.05) is 23.3 Å². The largest absolute Gasteiger partial charge is 0.495 e. The molecule has 0 aliphatic heterocycles. The van der Waals surface area contributed by atoms with Crippen LogP contribution in [0.3, 0.4) is 0 Å². The van der Waals surface area contributed by atoms with Crippen LogP contribution in [0.4, 0.5) is 0 Å². The molecule has 20 heavy (non-hydrogen) atoms. The summed E-state index contributed by atoms with van der Waals surface area (Å²) in [6.07, 6.45) is 2.71. The molecule has 0 spiro atoms. The zero-order valence-corrected chi connectivity index (χ0v) is 13.2. The van der Waals surface area contributed by atoms with Crippen molar-refractivity contribution >= 4 is 23.2 Å². The van der Waals surface area contributed by atoms with Crippen LogP contribution in [0.2, 0.25) is 10.0 Å². The lowest BCUT2D eigenvalue weighted by atomic mass is 9.95. The Labute approximate surface area is 128 Å². The Bertz CT molecular complexity index is 598. The molecule has 0 radical (unpaired) electrons. The number of halogens is 2. The zero-order valence-electron chi connectivity index (χ0n) is 11.7. The third kappa shape index (κ3) is 3.25. The highest BCUT2D eigenvalue weighted by Gasteiger charge is 2.17. The van der Waals surface area contributed by atoms with Gasteiger partial charge >= 0.3 is 0 Å². The van der Waals surface area contributed by atoms with Gasteiger partial charge in [0.15, 0.2) is 0 Å². The topological polar surface area (TPSA) is 39.9 Å². The van der Waals surface area contributed by atoms with Gasteiger partial charge in [-0.15, -0.1) is 5.10 Å². The van der Waals surface area contributed by atoms with Gasteiger partial charge in [0.1, 0.15) is 5.75 Å². The Kier molecular flexibility index (Phi) is 4.89. The predicted octanol–water partition coefficient (Wildman–Crippen LogP) is 3.96. The quantitative estimate of drug-likeness (QED) is 0.838. The standard InChI is InChI=1S/C14H17Cl2N3O/c1-4-19-8-11(17-18-19)5-9(2)12-6-10(15)7-13(16)14(12)20-3/h6-9H,4-5H2,1-3H3. The molecule has 0 saturated heterocycles. The minimum atomic E-state index is 0.183. The molecule has 1 unspecified atom stereocenters. The molecule has 1 aromatic carbocycles. The number of ether oxygens (including phenoxy) is 1. The van der Waals surface area contributed by atoms with Gasteiger partial charge in [0.05, 0.1) is 17.8 Å². The van der Waals surface area contributed by atoms with Crippen molar-refractivity contribution in [3.05, 3.63) is 39.6 Å². The number of hydrogen-bond donors (Lipinski definition) is 0. The van der Waals surface area contributed by atoms with Crippen LogP contribution in [0.1, 0.15) is 31.0 Å². The predicted molar refractivity (Wildman–Crippen MR) is 80.8 cm³/mol. The molecular formula is C14H17Cl2N3O. The first kappa shape index (κ1) is 15.1. The maximum atomic E-state index is 6.17. The molecule has 0 bridgehead atoms. The van der Waals surface area contributed by atoms with E-state index in [1.54, 1.807) is 13.2 Å². The van der Waals surface area contributed by atoms with Crippen LogP contribution in [0.25, 0.3) is 0 Å². The van der Waals surface area contributed by atoms with Crippen molar-refractivity contribution in [2.75, 3.05) is 7.11 Å². The van der Waals surface area contributed by atoms with Gasteiger partial charge < -0.3 is 4.74 Å². The summed E-state index contributed by atoms with van der Waals surface area (Å²) >= 11 is 12.2. The van der Waals surface area contributed by atoms with Gasteiger partial charge in [-0.3, -0.25) is 4.68 Å². The Balaban J connectivity index is 2.26. The number of methoxy groups -OCH3 is 1. The van der Waals surface area contributed by atoms with Crippen LogP contribution in [0.15, 0.2) is 18.3 Å². The van der Waals surface area contributed by atoms with Gasteiger partial charge in [0.2, 0.25) is 0 Å². The molecule has 1 atom stereocenters. The Hall–Kier alpha value is -1.26. The van der Waals surface area contributed by atoms with Gasteiger partial charge in [-0.1, -0.05) is 35.3 Å². The van der Waals surface area contributed by atoms with Crippen LogP contribution >= 0.6 is 23.2 Å². The molecule has 0 saturated carbocycles. The van der Waals surface area contributed by atoms with E-state index in [1.165, 1.54) is 0 Å². The SMILES string of the molecule is CCn1cc(CC(C)c2cc(Cl)cc(Cl)c2OC)nn1. The van der Waals surface area contributed by atoms with Crippen LogP contribution < -0.4 is 4.74 Å². The summed E-state index contributed by atoms with van der Waals surface area (Å²) in [6.45, 7) is 4.94. The van der Waals surface area contributed by atoms with Crippen molar-refractivity contribution in [3.8, 4) is 5.75 Å². The monoisotopic (exact) mass is 313 g/mol. The first-order valence-electron chi connectivity index (χ1n) is 6.47. The Morgan fingerprint density at radius 2 is 2.10 bits per heavy atom. The van der Waals surface area contributed by atoms with E-state index in [2.05, 4.69) is 17.2 Å². The Morgan fingerprint density at radius 1 is 1.35 bits per heavy atom. The fraction of sp³-hybridized carbons (Fsp3) is 0.429. The van der Waals surface area contributed by atoms with Crippen molar-refractivity contribution < 1.29 is 4.74 Å². The van der Waals surface area contributed by atoms with Crippen molar-refractivity contribution in [1.82, 2.24) is 15.0 Å². The number of rotatable bonds is 5. The van der Waals surface area contributed by atoms with E-state index in [4.69, 9.17) is 27.9 Å². The van der Waals surface area contributed by atoms with Crippen LogP contribution in [0.5, 0.6) is 5.75 Å². The van der Waals surface area contributed by atoms with Crippen LogP contribution in [0, 0.1) is 0 Å². The second-order valence-corrected chi connectivity index (χ2v) is 5.52. The number of benzene rings is 1. The van der Waals surface area contributed by atoms with Crippen molar-refractivity contribution in [2.24, 2.45) is 0 Å². The average molecular weight is 314 g/mol. The third-order valence-corrected chi connectivity index (χ3v) is 3.70.